The lowest BCUT2D eigenvalue weighted by molar-refractivity contribution is -0.385. The van der Waals surface area contributed by atoms with Crippen LogP contribution in [0.4, 0.5) is 5.69 Å². The van der Waals surface area contributed by atoms with Crippen LogP contribution in [0.2, 0.25) is 0 Å². The van der Waals surface area contributed by atoms with Crippen molar-refractivity contribution < 1.29 is 13.3 Å². The molecule has 0 radical (unpaired) electrons. The molecule has 0 spiro atoms. The van der Waals surface area contributed by atoms with Gasteiger partial charge in [0.2, 0.25) is 10.0 Å². The third-order valence-electron chi connectivity index (χ3n) is 4.99. The smallest absolute Gasteiger partial charge is 0.272 e. The van der Waals surface area contributed by atoms with Crippen molar-refractivity contribution in [2.24, 2.45) is 0 Å². The second kappa shape index (κ2) is 8.04. The zero-order valence-corrected chi connectivity index (χ0v) is 17.4. The lowest BCUT2D eigenvalue weighted by Crippen LogP contribution is -2.32. The number of sulfonamides is 1. The van der Waals surface area contributed by atoms with Crippen molar-refractivity contribution in [3.63, 3.8) is 0 Å². The Morgan fingerprint density at radius 2 is 2.06 bits per heavy atom. The first-order chi connectivity index (χ1) is 14.8. The molecule has 1 fully saturated rings. The van der Waals surface area contributed by atoms with Crippen LogP contribution in [-0.2, 0) is 16.6 Å². The maximum absolute atomic E-state index is 12.8. The van der Waals surface area contributed by atoms with Gasteiger partial charge in [-0.25, -0.2) is 22.6 Å². The Balaban J connectivity index is 1.55. The van der Waals surface area contributed by atoms with Gasteiger partial charge in [-0.15, -0.1) is 5.10 Å². The molecule has 2 heterocycles. The Bertz CT molecular complexity index is 1300. The minimum Gasteiger partial charge on any atom is -0.272 e. The largest absolute Gasteiger partial charge is 0.346 e. The van der Waals surface area contributed by atoms with E-state index in [1.165, 1.54) is 16.8 Å². The molecule has 0 saturated heterocycles. The summed E-state index contributed by atoms with van der Waals surface area (Å²) in [5.74, 6) is 0.498. The normalized spacial score (nSPS) is 14.0. The average molecular weight is 444 g/mol. The van der Waals surface area contributed by atoms with Gasteiger partial charge in [-0.2, -0.15) is 0 Å². The molecule has 0 amide bonds. The number of hydrogen-bond donors (Lipinski definition) is 1. The van der Waals surface area contributed by atoms with E-state index >= 15 is 0 Å². The summed E-state index contributed by atoms with van der Waals surface area (Å²) in [5.41, 5.74) is 0.462. The number of non-ortho nitro benzene ring substituents is 1. The van der Waals surface area contributed by atoms with Crippen molar-refractivity contribution in [3.8, 4) is 11.4 Å². The summed E-state index contributed by atoms with van der Waals surface area (Å²) in [7, 11) is -4.00. The zero-order chi connectivity index (χ0) is 22.2. The van der Waals surface area contributed by atoms with Gasteiger partial charge < -0.3 is 0 Å². The number of nitrogens with zero attached hydrogens (tertiary/aromatic N) is 5. The molecule has 162 valence electrons. The second-order valence-corrected chi connectivity index (χ2v) is 9.01. The number of nitro benzene ring substituents is 1. The molecule has 0 atom stereocenters. The molecule has 1 saturated carbocycles. The number of aryl methyl sites for hydroxylation is 1. The highest BCUT2D eigenvalue weighted by atomic mass is 32.2. The lowest BCUT2D eigenvalue weighted by Gasteiger charge is -2.09. The van der Waals surface area contributed by atoms with Gasteiger partial charge in [-0.3, -0.25) is 19.7 Å². The van der Waals surface area contributed by atoms with Crippen molar-refractivity contribution in [1.29, 1.82) is 0 Å². The van der Waals surface area contributed by atoms with Crippen LogP contribution in [0.15, 0.2) is 52.4 Å². The van der Waals surface area contributed by atoms with Gasteiger partial charge in [0.1, 0.15) is 0 Å². The van der Waals surface area contributed by atoms with Crippen LogP contribution >= 0.6 is 0 Å². The van der Waals surface area contributed by atoms with Gasteiger partial charge in [0.25, 0.3) is 5.69 Å². The van der Waals surface area contributed by atoms with Crippen LogP contribution in [0.5, 0.6) is 0 Å². The molecule has 1 aliphatic rings. The Kier molecular flexibility index (Phi) is 5.41. The van der Waals surface area contributed by atoms with Gasteiger partial charge in [0, 0.05) is 42.7 Å². The molecule has 12 heteroatoms. The fourth-order valence-electron chi connectivity index (χ4n) is 3.28. The summed E-state index contributed by atoms with van der Waals surface area (Å²) in [5, 5.41) is 15.4. The molecule has 11 nitrogen and oxygen atoms in total. The summed E-state index contributed by atoms with van der Waals surface area (Å²) in [6, 6.07) is 7.30. The number of nitro groups is 1. The number of nitrogens with one attached hydrogen (secondary N) is 1. The molecule has 31 heavy (non-hydrogen) atoms. The van der Waals surface area contributed by atoms with E-state index in [1.54, 1.807) is 30.0 Å². The number of benzene rings is 1. The molecular weight excluding hydrogens is 424 g/mol. The highest BCUT2D eigenvalue weighted by molar-refractivity contribution is 7.89. The Morgan fingerprint density at radius 3 is 2.71 bits per heavy atom. The monoisotopic (exact) mass is 444 g/mol. The Labute approximate surface area is 177 Å². The van der Waals surface area contributed by atoms with E-state index < -0.39 is 14.9 Å². The SMILES string of the molecule is Cc1ccc([N+](=O)[O-])cc1S(=O)(=O)NCCn1nc(-c2cccnc2)n(C2CC2)c1=O. The minimum absolute atomic E-state index is 0.0129. The van der Waals surface area contributed by atoms with E-state index in [0.717, 1.165) is 18.9 Å². The number of pyridine rings is 1. The number of hydrogen-bond acceptors (Lipinski definition) is 7. The van der Waals surface area contributed by atoms with E-state index in [1.807, 2.05) is 6.07 Å². The van der Waals surface area contributed by atoms with E-state index in [0.29, 0.717) is 17.0 Å². The summed E-state index contributed by atoms with van der Waals surface area (Å²) in [4.78, 5) is 27.1. The summed E-state index contributed by atoms with van der Waals surface area (Å²) in [6.45, 7) is 1.47. The number of aromatic nitrogens is 4. The van der Waals surface area contributed by atoms with Crippen LogP contribution in [0.3, 0.4) is 0 Å². The van der Waals surface area contributed by atoms with Gasteiger partial charge in [-0.1, -0.05) is 6.07 Å². The maximum atomic E-state index is 12.8. The molecule has 1 N–H and O–H groups in total. The standard InChI is InChI=1S/C19H20N6O5S/c1-13-4-5-16(25(27)28)11-17(13)31(29,30)21-9-10-23-19(26)24(15-6-7-15)18(22-23)14-3-2-8-20-12-14/h2-5,8,11-12,15,21H,6-7,9-10H2,1H3. The van der Waals surface area contributed by atoms with Crippen LogP contribution in [-0.4, -0.2) is 39.2 Å². The lowest BCUT2D eigenvalue weighted by atomic mass is 10.2. The fourth-order valence-corrected chi connectivity index (χ4v) is 4.56. The molecule has 3 aromatic rings. The van der Waals surface area contributed by atoms with Crippen molar-refractivity contribution >= 4 is 15.7 Å². The van der Waals surface area contributed by atoms with Crippen molar-refractivity contribution in [2.75, 3.05) is 6.54 Å². The molecule has 1 aliphatic carbocycles. The first-order valence-electron chi connectivity index (χ1n) is 9.62. The zero-order valence-electron chi connectivity index (χ0n) is 16.6. The molecule has 0 unspecified atom stereocenters. The second-order valence-electron chi connectivity index (χ2n) is 7.28. The van der Waals surface area contributed by atoms with Gasteiger partial charge in [-0.05, 0) is 37.5 Å². The van der Waals surface area contributed by atoms with E-state index in [4.69, 9.17) is 0 Å². The summed E-state index contributed by atoms with van der Waals surface area (Å²) in [6.07, 6.45) is 5.03. The first-order valence-corrected chi connectivity index (χ1v) is 11.1. The van der Waals surface area contributed by atoms with E-state index in [2.05, 4.69) is 14.8 Å². The van der Waals surface area contributed by atoms with Crippen molar-refractivity contribution in [3.05, 3.63) is 68.9 Å². The maximum Gasteiger partial charge on any atom is 0.346 e. The molecule has 0 aliphatic heterocycles. The first kappa shape index (κ1) is 20.9. The van der Waals surface area contributed by atoms with Gasteiger partial charge in [0.05, 0.1) is 16.4 Å². The van der Waals surface area contributed by atoms with Crippen LogP contribution in [0, 0.1) is 17.0 Å². The molecule has 2 aromatic heterocycles. The average Bonchev–Trinajstić information content (AvgIpc) is 3.52. The van der Waals surface area contributed by atoms with Crippen molar-refractivity contribution in [2.45, 2.75) is 37.2 Å². The quantitative estimate of drug-likeness (QED) is 0.411. The van der Waals surface area contributed by atoms with Gasteiger partial charge >= 0.3 is 5.69 Å². The van der Waals surface area contributed by atoms with Crippen LogP contribution < -0.4 is 10.4 Å². The summed E-state index contributed by atoms with van der Waals surface area (Å²) >= 11 is 0. The fraction of sp³-hybridized carbons (Fsp3) is 0.316. The number of rotatable bonds is 8. The topological polar surface area (TPSA) is 142 Å². The molecule has 4 rings (SSSR count). The predicted octanol–water partition coefficient (Wildman–Crippen LogP) is 1.64. The highest BCUT2D eigenvalue weighted by Gasteiger charge is 2.30. The molecule has 1 aromatic carbocycles. The van der Waals surface area contributed by atoms with Crippen LogP contribution in [0.25, 0.3) is 11.4 Å². The molecule has 0 bridgehead atoms. The molecular formula is C19H20N6O5S. The van der Waals surface area contributed by atoms with Crippen LogP contribution in [0.1, 0.15) is 24.4 Å². The third-order valence-corrected chi connectivity index (χ3v) is 6.59. The van der Waals surface area contributed by atoms with E-state index in [-0.39, 0.29) is 35.4 Å². The minimum atomic E-state index is -4.00. The van der Waals surface area contributed by atoms with Gasteiger partial charge in [0.15, 0.2) is 5.82 Å². The Morgan fingerprint density at radius 1 is 1.29 bits per heavy atom. The predicted molar refractivity (Wildman–Crippen MR) is 111 cm³/mol. The van der Waals surface area contributed by atoms with E-state index in [9.17, 15) is 23.3 Å². The summed E-state index contributed by atoms with van der Waals surface area (Å²) < 4.78 is 30.6. The Hall–Kier alpha value is -3.38. The van der Waals surface area contributed by atoms with Crippen molar-refractivity contribution in [1.82, 2.24) is 24.1 Å². The third kappa shape index (κ3) is 4.25. The highest BCUT2D eigenvalue weighted by Crippen LogP contribution is 2.36.